The molecule has 0 saturated heterocycles. The van der Waals surface area contributed by atoms with E-state index in [0.29, 0.717) is 39.1 Å². The first-order valence-electron chi connectivity index (χ1n) is 29.4. The Kier molecular flexibility index (Phi) is 15.5. The summed E-state index contributed by atoms with van der Waals surface area (Å²) in [6, 6.07) is 23.2. The van der Waals surface area contributed by atoms with Crippen LogP contribution in [-0.2, 0) is 43.5 Å². The number of nitrogens with zero attached hydrogens (tertiary/aromatic N) is 2. The molecule has 6 aliphatic heterocycles. The number of aryl methyl sites for hydroxylation is 2. The van der Waals surface area contributed by atoms with Crippen molar-refractivity contribution in [3.63, 3.8) is 0 Å². The van der Waals surface area contributed by atoms with Gasteiger partial charge in [0, 0.05) is 111 Å². The zero-order chi connectivity index (χ0) is 61.1. The number of aromatic hydroxyl groups is 1. The predicted octanol–water partition coefficient (Wildman–Crippen LogP) is 9.04. The largest absolute Gasteiger partial charge is 0.507 e. The number of carboxylic acid groups (broad SMARTS) is 2. The maximum Gasteiger partial charge on any atom is 0.337 e. The van der Waals surface area contributed by atoms with E-state index in [2.05, 4.69) is 49.4 Å². The first-order valence-corrected chi connectivity index (χ1v) is 30.1. The van der Waals surface area contributed by atoms with Crippen molar-refractivity contribution in [1.29, 1.82) is 0 Å². The minimum Gasteiger partial charge on any atom is -0.507 e. The zero-order valence-electron chi connectivity index (χ0n) is 47.8. The van der Waals surface area contributed by atoms with Gasteiger partial charge in [-0.1, -0.05) is 41.3 Å². The molecule has 0 radical (unpaired) electrons. The number of anilines is 1. The van der Waals surface area contributed by atoms with Crippen molar-refractivity contribution in [3.8, 4) is 51.5 Å². The molecule has 13 rings (SSSR count). The summed E-state index contributed by atoms with van der Waals surface area (Å²) in [5.41, 5.74) is 8.30. The van der Waals surface area contributed by atoms with Gasteiger partial charge in [0.1, 0.15) is 48.3 Å². The number of fused-ring (bicyclic) bond motifs is 6. The third-order valence-corrected chi connectivity index (χ3v) is 18.0. The van der Waals surface area contributed by atoms with Gasteiger partial charge in [0.15, 0.2) is 5.43 Å². The van der Waals surface area contributed by atoms with E-state index in [1.54, 1.807) is 31.2 Å². The summed E-state index contributed by atoms with van der Waals surface area (Å²) in [5, 5.41) is 43.5. The molecule has 19 heteroatoms. The smallest absolute Gasteiger partial charge is 0.337 e. The molecule has 6 aromatic carbocycles. The third kappa shape index (κ3) is 10.3. The summed E-state index contributed by atoms with van der Waals surface area (Å²) < 4.78 is 21.3. The number of nitrogens with one attached hydrogen (secondary N) is 3. The van der Waals surface area contributed by atoms with Crippen LogP contribution in [-0.4, -0.2) is 90.9 Å². The highest BCUT2D eigenvalue weighted by molar-refractivity contribution is 6.40. The van der Waals surface area contributed by atoms with E-state index >= 15 is 0 Å². The van der Waals surface area contributed by atoms with E-state index in [9.17, 15) is 44.1 Å². The fraction of sp³-hybridized carbons (Fsp3) is 0.261. The summed E-state index contributed by atoms with van der Waals surface area (Å²) in [5.74, 6) is 2.37. The maximum absolute atomic E-state index is 14.2. The lowest BCUT2D eigenvalue weighted by molar-refractivity contribution is 0.0686. The van der Waals surface area contributed by atoms with Crippen molar-refractivity contribution in [2.45, 2.75) is 71.4 Å². The van der Waals surface area contributed by atoms with Crippen LogP contribution in [0.25, 0.3) is 39.0 Å². The Morgan fingerprint density at radius 3 is 2.23 bits per heavy atom. The third-order valence-electron chi connectivity index (χ3n) is 17.3. The number of phenols is 1. The van der Waals surface area contributed by atoms with Crippen LogP contribution in [0, 0.1) is 11.8 Å². The number of rotatable bonds is 15. The van der Waals surface area contributed by atoms with E-state index in [0.717, 1.165) is 99.5 Å². The number of phenolic OH excluding ortho intramolecular Hbond substituents is 1. The Hall–Kier alpha value is -9.47. The predicted molar refractivity (Wildman–Crippen MR) is 332 cm³/mol. The van der Waals surface area contributed by atoms with Gasteiger partial charge in [0.25, 0.3) is 17.7 Å². The molecule has 444 valence electrons. The van der Waals surface area contributed by atoms with Crippen LogP contribution in [0.5, 0.6) is 17.2 Å². The second-order valence-electron chi connectivity index (χ2n) is 22.6. The van der Waals surface area contributed by atoms with Gasteiger partial charge in [0.2, 0.25) is 5.36 Å². The van der Waals surface area contributed by atoms with Gasteiger partial charge in [-0.2, -0.15) is 0 Å². The number of carboxylic acids is 2. The molecular formula is C69H58Cl2N5O12+. The van der Waals surface area contributed by atoms with Gasteiger partial charge >= 0.3 is 11.9 Å². The van der Waals surface area contributed by atoms with Crippen LogP contribution in [0.15, 0.2) is 100 Å². The molecule has 0 saturated carbocycles. The molecular weight excluding hydrogens is 1160 g/mol. The van der Waals surface area contributed by atoms with Gasteiger partial charge in [-0.3, -0.25) is 19.2 Å². The van der Waals surface area contributed by atoms with Crippen LogP contribution >= 0.6 is 23.2 Å². The maximum atomic E-state index is 14.2. The molecule has 6 aromatic rings. The van der Waals surface area contributed by atoms with Crippen molar-refractivity contribution >= 4 is 75.1 Å². The number of ether oxygens (including phenoxy) is 2. The molecule has 7 aliphatic rings. The minimum absolute atomic E-state index is 0.0424. The number of carbonyl (C=O) groups is 5. The quantitative estimate of drug-likeness (QED) is 0.0244. The van der Waals surface area contributed by atoms with E-state index < -0.39 is 35.1 Å². The number of aromatic carboxylic acids is 2. The average Bonchev–Trinajstić information content (AvgIpc) is 0.742. The Morgan fingerprint density at radius 2 is 1.44 bits per heavy atom. The highest BCUT2D eigenvalue weighted by atomic mass is 35.5. The Labute approximate surface area is 514 Å². The number of hydrogen-bond donors (Lipinski definition) is 6. The van der Waals surface area contributed by atoms with E-state index in [-0.39, 0.29) is 104 Å². The lowest BCUT2D eigenvalue weighted by Crippen LogP contribution is -2.45. The van der Waals surface area contributed by atoms with Crippen molar-refractivity contribution in [2.75, 3.05) is 50.8 Å². The topological polar surface area (TPSA) is 237 Å². The molecule has 17 nitrogen and oxygen atoms in total. The Morgan fingerprint density at radius 1 is 0.705 bits per heavy atom. The van der Waals surface area contributed by atoms with Gasteiger partial charge in [-0.15, -0.1) is 5.92 Å². The molecule has 6 heterocycles. The molecule has 88 heavy (non-hydrogen) atoms. The van der Waals surface area contributed by atoms with Crippen molar-refractivity contribution < 1.29 is 53.2 Å². The number of hydrogen-bond acceptors (Lipinski definition) is 11. The number of benzene rings is 7. The SMILES string of the molecule is CC#CCOCCNC(=O)c1ccc(C(=O)O)c(-c2c3ccc(=O)cc-3oc3c(CNC(=O)c4ccc(CNC(=O)c5cc(Cl)c(C6=c7cc8c9c(c7Oc7c6cc6c%10c7CCCN%10CCC6)CCC[N+]=9CCC8)c(C(=O)O)c5Cl)cc4)c(O)ccc23)c1. The molecule has 3 amide bonds. The highest BCUT2D eigenvalue weighted by Crippen LogP contribution is 2.51. The van der Waals surface area contributed by atoms with Crippen molar-refractivity contribution in [1.82, 2.24) is 20.5 Å². The Balaban J connectivity index is 0.771. The van der Waals surface area contributed by atoms with E-state index in [1.165, 1.54) is 76.8 Å². The standard InChI is InChI=1S/C69H57Cl2N5O12/c1-2-3-27-86-28-22-72-66(80)40-16-18-42(68(82)83)47(31-40)55-43-19-17-41(77)32-54(43)87-62-44(55)20-21-53(78)51(62)35-74-65(79)37-14-12-36(13-15-37)34-73-67(81)50-33-52(70)57(58(59(50)71)69(84)85)56-48-29-38-8-4-23-75-25-6-10-45(60(38)75)63(48)88-64-46-11-7-26-76-24-5-9-39(61(46)76)30-49(56)64/h12-21,29-33H,4-11,22-28,34-35H2,1H3,(H5-,72,73,74,77,78,79,80,81,82,83,84,85)/p+1. The lowest BCUT2D eigenvalue weighted by atomic mass is 9.81. The van der Waals surface area contributed by atoms with Crippen molar-refractivity contribution in [2.24, 2.45) is 0 Å². The van der Waals surface area contributed by atoms with Crippen molar-refractivity contribution in [3.05, 3.63) is 194 Å². The lowest BCUT2D eigenvalue weighted by Gasteiger charge is -2.39. The van der Waals surface area contributed by atoms with E-state index in [1.807, 2.05) is 0 Å². The first-order chi connectivity index (χ1) is 42.7. The normalized spacial score (nSPS) is 14.4. The second kappa shape index (κ2) is 23.7. The van der Waals surface area contributed by atoms with Crippen LogP contribution in [0.3, 0.4) is 0 Å². The average molecular weight is 1220 g/mol. The fourth-order valence-corrected chi connectivity index (χ4v) is 14.0. The van der Waals surface area contributed by atoms with Crippen LogP contribution in [0.1, 0.15) is 129 Å². The summed E-state index contributed by atoms with van der Waals surface area (Å²) in [6.07, 6.45) is 7.24. The van der Waals surface area contributed by atoms with Gasteiger partial charge in [0.05, 0.1) is 51.0 Å². The molecule has 0 bridgehead atoms. The Bertz CT molecular complexity index is 4580. The molecule has 0 fully saturated rings. The molecule has 0 atom stereocenters. The summed E-state index contributed by atoms with van der Waals surface area (Å²) in [6.45, 7) is 5.74. The van der Waals surface area contributed by atoms with Crippen LogP contribution < -0.4 is 46.2 Å². The van der Waals surface area contributed by atoms with Gasteiger partial charge < -0.3 is 50.1 Å². The molecule has 0 unspecified atom stereocenters. The molecule has 0 spiro atoms. The monoisotopic (exact) mass is 1220 g/mol. The van der Waals surface area contributed by atoms with Gasteiger partial charge in [-0.05, 0) is 135 Å². The van der Waals surface area contributed by atoms with Gasteiger partial charge in [-0.25, -0.2) is 14.2 Å². The molecule has 1 aliphatic carbocycles. The fourth-order valence-electron chi connectivity index (χ4n) is 13.4. The molecule has 0 aromatic heterocycles. The first kappa shape index (κ1) is 57.6. The number of halogens is 2. The summed E-state index contributed by atoms with van der Waals surface area (Å²) in [4.78, 5) is 83.2. The van der Waals surface area contributed by atoms with E-state index in [4.69, 9.17) is 37.1 Å². The summed E-state index contributed by atoms with van der Waals surface area (Å²) in [7, 11) is 0. The number of amides is 3. The summed E-state index contributed by atoms with van der Waals surface area (Å²) >= 11 is 14.5. The van der Waals surface area contributed by atoms with Crippen LogP contribution in [0.2, 0.25) is 10.0 Å². The minimum atomic E-state index is -1.35. The zero-order valence-corrected chi connectivity index (χ0v) is 49.4. The van der Waals surface area contributed by atoms with Crippen LogP contribution in [0.4, 0.5) is 5.69 Å². The number of carbonyl (C=O) groups excluding carboxylic acids is 3. The molecule has 6 N–H and O–H groups in total. The highest BCUT2D eigenvalue weighted by Gasteiger charge is 2.38. The second-order valence-corrected chi connectivity index (χ2v) is 23.3.